The third-order valence-electron chi connectivity index (χ3n) is 4.86. The summed E-state index contributed by atoms with van der Waals surface area (Å²) in [5, 5.41) is 0. The second-order valence-electron chi connectivity index (χ2n) is 7.13. The lowest BCUT2D eigenvalue weighted by Crippen LogP contribution is -2.04. The molecule has 0 radical (unpaired) electrons. The predicted octanol–water partition coefficient (Wildman–Crippen LogP) is 4.60. The Hall–Kier alpha value is -2.21. The van der Waals surface area contributed by atoms with Crippen molar-refractivity contribution in [1.29, 1.82) is 0 Å². The van der Waals surface area contributed by atoms with Crippen molar-refractivity contribution in [2.75, 3.05) is 13.4 Å². The van der Waals surface area contributed by atoms with E-state index >= 15 is 0 Å². The Labute approximate surface area is 163 Å². The molecule has 3 aromatic heterocycles. The summed E-state index contributed by atoms with van der Waals surface area (Å²) in [7, 11) is 0.367. The van der Waals surface area contributed by atoms with Crippen molar-refractivity contribution in [1.82, 2.24) is 14.5 Å². The summed E-state index contributed by atoms with van der Waals surface area (Å²) < 4.78 is 19.8. The largest absolute Gasteiger partial charge is 0.480 e. The maximum absolute atomic E-state index is 12.2. The molecule has 0 saturated carbocycles. The van der Waals surface area contributed by atoms with Gasteiger partial charge >= 0.3 is 0 Å². The topological polar surface area (TPSA) is 57.0 Å². The Kier molecular flexibility index (Phi) is 5.38. The van der Waals surface area contributed by atoms with Crippen molar-refractivity contribution in [3.8, 4) is 17.1 Å². The van der Waals surface area contributed by atoms with Gasteiger partial charge in [0.25, 0.3) is 0 Å². The van der Waals surface area contributed by atoms with E-state index in [0.717, 1.165) is 45.5 Å². The second kappa shape index (κ2) is 7.43. The van der Waals surface area contributed by atoms with Crippen molar-refractivity contribution in [3.05, 3.63) is 35.2 Å². The number of aromatic nitrogens is 3. The van der Waals surface area contributed by atoms with Gasteiger partial charge in [-0.25, -0.2) is 9.97 Å². The number of fused-ring (bicyclic) bond motifs is 1. The van der Waals surface area contributed by atoms with Gasteiger partial charge < -0.3 is 9.30 Å². The Balaban J connectivity index is 2.32. The van der Waals surface area contributed by atoms with E-state index in [-0.39, 0.29) is 0 Å². The van der Waals surface area contributed by atoms with E-state index in [9.17, 15) is 4.21 Å². The van der Waals surface area contributed by atoms with Crippen LogP contribution >= 0.6 is 0 Å². The standard InChI is InChI=1S/C21H27N3O2S/c1-8-16-15(10-18(27(7)25)21(22-16)26-6)19-13(4)9-17-20(23-19)14(5)11-24(17)12(2)3/h9-12H,8H2,1-7H3. The van der Waals surface area contributed by atoms with E-state index < -0.39 is 10.8 Å². The number of ether oxygens (including phenoxy) is 1. The number of pyridine rings is 2. The summed E-state index contributed by atoms with van der Waals surface area (Å²) in [5.41, 5.74) is 7.10. The molecule has 6 heteroatoms. The SMILES string of the molecule is CCc1nc(OC)c(S(C)=O)cc1-c1nc2c(C)cn(C(C)C)c2cc1C. The number of aryl methyl sites for hydroxylation is 3. The summed E-state index contributed by atoms with van der Waals surface area (Å²) >= 11 is 0. The zero-order chi connectivity index (χ0) is 19.9. The Bertz CT molecular complexity index is 1040. The van der Waals surface area contributed by atoms with E-state index in [1.54, 1.807) is 13.4 Å². The highest BCUT2D eigenvalue weighted by Gasteiger charge is 2.19. The van der Waals surface area contributed by atoms with Crippen LogP contribution in [0.5, 0.6) is 5.88 Å². The molecular weight excluding hydrogens is 358 g/mol. The molecule has 3 rings (SSSR count). The molecule has 0 saturated heterocycles. The van der Waals surface area contributed by atoms with Crippen molar-refractivity contribution in [2.45, 2.75) is 52.0 Å². The van der Waals surface area contributed by atoms with Crippen LogP contribution in [0.25, 0.3) is 22.3 Å². The van der Waals surface area contributed by atoms with Gasteiger partial charge in [-0.3, -0.25) is 4.21 Å². The Morgan fingerprint density at radius 1 is 1.19 bits per heavy atom. The number of rotatable bonds is 5. The Morgan fingerprint density at radius 3 is 2.44 bits per heavy atom. The molecule has 1 unspecified atom stereocenters. The fraction of sp³-hybridized carbons (Fsp3) is 0.429. The van der Waals surface area contributed by atoms with Crippen LogP contribution in [0.2, 0.25) is 0 Å². The lowest BCUT2D eigenvalue weighted by atomic mass is 10.0. The molecule has 5 nitrogen and oxygen atoms in total. The lowest BCUT2D eigenvalue weighted by Gasteiger charge is -2.15. The normalized spacial score (nSPS) is 12.7. The summed E-state index contributed by atoms with van der Waals surface area (Å²) in [4.78, 5) is 10.2. The third kappa shape index (κ3) is 3.38. The molecule has 0 N–H and O–H groups in total. The first kappa shape index (κ1) is 19.5. The molecule has 0 aromatic carbocycles. The number of hydrogen-bond donors (Lipinski definition) is 0. The van der Waals surface area contributed by atoms with Crippen molar-refractivity contribution < 1.29 is 8.95 Å². The average Bonchev–Trinajstić information content (AvgIpc) is 2.95. The molecule has 0 bridgehead atoms. The first-order valence-corrected chi connectivity index (χ1v) is 10.7. The summed E-state index contributed by atoms with van der Waals surface area (Å²) in [6, 6.07) is 4.49. The van der Waals surface area contributed by atoms with Gasteiger partial charge in [0.15, 0.2) is 0 Å². The van der Waals surface area contributed by atoms with Crippen LogP contribution in [0.4, 0.5) is 0 Å². The summed E-state index contributed by atoms with van der Waals surface area (Å²) in [6.07, 6.45) is 4.55. The van der Waals surface area contributed by atoms with E-state index in [1.165, 1.54) is 0 Å². The van der Waals surface area contributed by atoms with Gasteiger partial charge in [0.05, 0.1) is 40.3 Å². The predicted molar refractivity (Wildman–Crippen MR) is 111 cm³/mol. The third-order valence-corrected chi connectivity index (χ3v) is 5.77. The van der Waals surface area contributed by atoms with Crippen molar-refractivity contribution in [2.24, 2.45) is 0 Å². The molecule has 0 aliphatic rings. The van der Waals surface area contributed by atoms with Crippen LogP contribution < -0.4 is 4.74 Å². The van der Waals surface area contributed by atoms with Crippen LogP contribution in [0, 0.1) is 13.8 Å². The summed E-state index contributed by atoms with van der Waals surface area (Å²) in [6.45, 7) is 10.6. The van der Waals surface area contributed by atoms with Crippen LogP contribution in [0.1, 0.15) is 43.6 Å². The number of nitrogens with zero attached hydrogens (tertiary/aromatic N) is 3. The monoisotopic (exact) mass is 385 g/mol. The number of methoxy groups -OCH3 is 1. The highest BCUT2D eigenvalue weighted by atomic mass is 32.2. The van der Waals surface area contributed by atoms with Gasteiger partial charge in [-0.15, -0.1) is 0 Å². The molecule has 1 atom stereocenters. The second-order valence-corrected chi connectivity index (χ2v) is 8.48. The summed E-state index contributed by atoms with van der Waals surface area (Å²) in [5.74, 6) is 0.428. The van der Waals surface area contributed by atoms with Gasteiger partial charge in [-0.05, 0) is 57.4 Å². The molecule has 144 valence electrons. The van der Waals surface area contributed by atoms with Crippen LogP contribution in [0.3, 0.4) is 0 Å². The first-order valence-electron chi connectivity index (χ1n) is 9.18. The van der Waals surface area contributed by atoms with Gasteiger partial charge in [0.1, 0.15) is 4.90 Å². The fourth-order valence-electron chi connectivity index (χ4n) is 3.47. The van der Waals surface area contributed by atoms with Crippen molar-refractivity contribution in [3.63, 3.8) is 0 Å². The first-order chi connectivity index (χ1) is 12.8. The van der Waals surface area contributed by atoms with E-state index in [4.69, 9.17) is 9.72 Å². The average molecular weight is 386 g/mol. The van der Waals surface area contributed by atoms with E-state index in [1.807, 2.05) is 6.07 Å². The minimum Gasteiger partial charge on any atom is -0.480 e. The molecule has 0 amide bonds. The fourth-order valence-corrected chi connectivity index (χ4v) is 4.12. The van der Waals surface area contributed by atoms with Gasteiger partial charge in [-0.2, -0.15) is 0 Å². The molecule has 0 aliphatic heterocycles. The maximum atomic E-state index is 12.2. The lowest BCUT2D eigenvalue weighted by molar-refractivity contribution is 0.385. The highest BCUT2D eigenvalue weighted by Crippen LogP contribution is 2.34. The minimum absolute atomic E-state index is 0.372. The quantitative estimate of drug-likeness (QED) is 0.644. The smallest absolute Gasteiger partial charge is 0.229 e. The molecule has 3 aromatic rings. The van der Waals surface area contributed by atoms with Gasteiger partial charge in [0.2, 0.25) is 5.88 Å². The Morgan fingerprint density at radius 2 is 1.89 bits per heavy atom. The molecular formula is C21H27N3O2S. The zero-order valence-corrected chi connectivity index (χ0v) is 17.9. The maximum Gasteiger partial charge on any atom is 0.229 e. The van der Waals surface area contributed by atoms with Gasteiger partial charge in [0, 0.05) is 24.1 Å². The van der Waals surface area contributed by atoms with Crippen molar-refractivity contribution >= 4 is 21.8 Å². The van der Waals surface area contributed by atoms with E-state index in [2.05, 4.69) is 56.4 Å². The molecule has 3 heterocycles. The highest BCUT2D eigenvalue weighted by molar-refractivity contribution is 7.84. The molecule has 0 aliphatic carbocycles. The minimum atomic E-state index is -1.19. The van der Waals surface area contributed by atoms with Gasteiger partial charge in [-0.1, -0.05) is 6.92 Å². The van der Waals surface area contributed by atoms with E-state index in [0.29, 0.717) is 16.8 Å². The van der Waals surface area contributed by atoms with Crippen LogP contribution in [-0.4, -0.2) is 32.1 Å². The molecule has 0 spiro atoms. The van der Waals surface area contributed by atoms with Crippen LogP contribution in [0.15, 0.2) is 23.2 Å². The molecule has 27 heavy (non-hydrogen) atoms. The zero-order valence-electron chi connectivity index (χ0n) is 17.1. The molecule has 0 fully saturated rings. The van der Waals surface area contributed by atoms with Crippen LogP contribution in [-0.2, 0) is 17.2 Å². The number of hydrogen-bond acceptors (Lipinski definition) is 4.